The normalized spacial score (nSPS) is 31.5. The van der Waals surface area contributed by atoms with Crippen LogP contribution >= 0.6 is 11.6 Å². The van der Waals surface area contributed by atoms with Crippen molar-refractivity contribution >= 4 is 28.6 Å². The van der Waals surface area contributed by atoms with Crippen molar-refractivity contribution in [2.24, 2.45) is 0 Å². The van der Waals surface area contributed by atoms with Gasteiger partial charge in [0.05, 0.1) is 6.33 Å². The van der Waals surface area contributed by atoms with Crippen LogP contribution < -0.4 is 5.73 Å². The van der Waals surface area contributed by atoms with Crippen molar-refractivity contribution < 1.29 is 9.47 Å². The molecule has 3 heterocycles. The zero-order valence-electron chi connectivity index (χ0n) is 13.1. The molecule has 3 atom stereocenters. The molecule has 2 aromatic heterocycles. The van der Waals surface area contributed by atoms with Gasteiger partial charge in [0, 0.05) is 17.9 Å². The standard InChI is InChI=1S/C16H18ClN5O2/c17-9-6-10-13(24-16(23-10)4-2-1-3-5-16)12(9)22-8-21-11-14(18)19-7-20-15(11)22/h6-8,10,12-13H,1-5H2,(H2,18,19,20). The van der Waals surface area contributed by atoms with Crippen molar-refractivity contribution in [2.45, 2.75) is 56.1 Å². The second kappa shape index (κ2) is 5.15. The number of hydrogen-bond donors (Lipinski definition) is 1. The largest absolute Gasteiger partial charge is 0.382 e. The number of hydrogen-bond acceptors (Lipinski definition) is 6. The third kappa shape index (κ3) is 2.01. The van der Waals surface area contributed by atoms with Crippen molar-refractivity contribution in [1.29, 1.82) is 0 Å². The highest BCUT2D eigenvalue weighted by Gasteiger charge is 2.54. The summed E-state index contributed by atoms with van der Waals surface area (Å²) in [6.07, 6.45) is 10.2. The number of nitrogen functional groups attached to an aromatic ring is 1. The summed E-state index contributed by atoms with van der Waals surface area (Å²) in [5.41, 5.74) is 7.13. The Morgan fingerprint density at radius 3 is 2.83 bits per heavy atom. The molecule has 3 aliphatic rings. The Hall–Kier alpha value is -1.70. The third-order valence-corrected chi connectivity index (χ3v) is 5.59. The van der Waals surface area contributed by atoms with E-state index in [0.29, 0.717) is 22.0 Å². The van der Waals surface area contributed by atoms with E-state index >= 15 is 0 Å². The lowest BCUT2D eigenvalue weighted by Gasteiger charge is -2.33. The fourth-order valence-corrected chi connectivity index (χ4v) is 4.49. The summed E-state index contributed by atoms with van der Waals surface area (Å²) in [4.78, 5) is 12.7. The van der Waals surface area contributed by atoms with Crippen LogP contribution in [0, 0.1) is 0 Å². The number of rotatable bonds is 1. The van der Waals surface area contributed by atoms with E-state index in [4.69, 9.17) is 26.8 Å². The Bertz CT molecular complexity index is 829. The summed E-state index contributed by atoms with van der Waals surface area (Å²) in [6, 6.07) is -0.197. The molecule has 2 aliphatic carbocycles. The number of nitrogens with zero attached hydrogens (tertiary/aromatic N) is 4. The molecular weight excluding hydrogens is 330 g/mol. The lowest BCUT2D eigenvalue weighted by atomic mass is 9.94. The summed E-state index contributed by atoms with van der Waals surface area (Å²) >= 11 is 6.52. The average Bonchev–Trinajstić information content (AvgIpc) is 3.20. The van der Waals surface area contributed by atoms with Gasteiger partial charge in [-0.2, -0.15) is 0 Å². The lowest BCUT2D eigenvalue weighted by Crippen LogP contribution is -2.35. The van der Waals surface area contributed by atoms with E-state index in [1.807, 2.05) is 10.6 Å². The zero-order chi connectivity index (χ0) is 16.3. The van der Waals surface area contributed by atoms with Crippen LogP contribution in [0.25, 0.3) is 11.2 Å². The first kappa shape index (κ1) is 14.6. The zero-order valence-corrected chi connectivity index (χ0v) is 13.8. The molecule has 7 nitrogen and oxygen atoms in total. The Labute approximate surface area is 143 Å². The number of fused-ring (bicyclic) bond motifs is 2. The molecule has 126 valence electrons. The van der Waals surface area contributed by atoms with E-state index in [-0.39, 0.29) is 18.2 Å². The first-order chi connectivity index (χ1) is 11.7. The van der Waals surface area contributed by atoms with Crippen LogP contribution in [0.1, 0.15) is 38.1 Å². The monoisotopic (exact) mass is 347 g/mol. The summed E-state index contributed by atoms with van der Waals surface area (Å²) in [5.74, 6) is -0.0923. The van der Waals surface area contributed by atoms with Gasteiger partial charge >= 0.3 is 0 Å². The van der Waals surface area contributed by atoms with Crippen LogP contribution in [0.5, 0.6) is 0 Å². The van der Waals surface area contributed by atoms with Gasteiger partial charge in [-0.25, -0.2) is 15.0 Å². The Morgan fingerprint density at radius 2 is 2.00 bits per heavy atom. The molecule has 1 aliphatic heterocycles. The Morgan fingerprint density at radius 1 is 1.17 bits per heavy atom. The second-order valence-corrected chi connectivity index (χ2v) is 7.15. The topological polar surface area (TPSA) is 88.1 Å². The minimum absolute atomic E-state index is 0.128. The maximum atomic E-state index is 6.52. The Balaban J connectivity index is 1.54. The fourth-order valence-electron chi connectivity index (χ4n) is 4.13. The van der Waals surface area contributed by atoms with Gasteiger partial charge in [-0.05, 0) is 18.9 Å². The molecule has 3 unspecified atom stereocenters. The molecule has 0 aromatic carbocycles. The van der Waals surface area contributed by atoms with Gasteiger partial charge in [0.2, 0.25) is 0 Å². The number of aromatic nitrogens is 4. The molecule has 1 spiro atoms. The highest BCUT2D eigenvalue weighted by molar-refractivity contribution is 6.30. The van der Waals surface area contributed by atoms with Crippen molar-refractivity contribution in [3.05, 3.63) is 23.8 Å². The van der Waals surface area contributed by atoms with E-state index in [0.717, 1.165) is 25.7 Å². The van der Waals surface area contributed by atoms with E-state index in [1.54, 1.807) is 6.33 Å². The van der Waals surface area contributed by atoms with Crippen LogP contribution in [0.4, 0.5) is 5.82 Å². The number of nitrogens with two attached hydrogens (primary N) is 1. The van der Waals surface area contributed by atoms with Crippen molar-refractivity contribution in [1.82, 2.24) is 19.5 Å². The summed E-state index contributed by atoms with van der Waals surface area (Å²) in [5, 5.41) is 0.687. The van der Waals surface area contributed by atoms with Crippen LogP contribution in [0.3, 0.4) is 0 Å². The van der Waals surface area contributed by atoms with Crippen LogP contribution in [-0.4, -0.2) is 37.5 Å². The predicted molar refractivity (Wildman–Crippen MR) is 88.3 cm³/mol. The third-order valence-electron chi connectivity index (χ3n) is 5.24. The van der Waals surface area contributed by atoms with Crippen molar-refractivity contribution in [3.8, 4) is 0 Å². The van der Waals surface area contributed by atoms with E-state index in [1.165, 1.54) is 12.7 Å². The highest BCUT2D eigenvalue weighted by atomic mass is 35.5. The molecule has 1 saturated heterocycles. The van der Waals surface area contributed by atoms with Gasteiger partial charge in [-0.15, -0.1) is 0 Å². The predicted octanol–water partition coefficient (Wildman–Crippen LogP) is 2.53. The molecule has 5 rings (SSSR count). The van der Waals surface area contributed by atoms with Gasteiger partial charge in [-0.1, -0.05) is 18.0 Å². The fraction of sp³-hybridized carbons (Fsp3) is 0.562. The smallest absolute Gasteiger partial charge is 0.169 e. The summed E-state index contributed by atoms with van der Waals surface area (Å²) < 4.78 is 14.6. The lowest BCUT2D eigenvalue weighted by molar-refractivity contribution is -0.194. The first-order valence-electron chi connectivity index (χ1n) is 8.33. The maximum absolute atomic E-state index is 6.52. The first-order valence-corrected chi connectivity index (χ1v) is 8.71. The molecule has 2 N–H and O–H groups in total. The average molecular weight is 348 g/mol. The number of ether oxygens (including phenoxy) is 2. The van der Waals surface area contributed by atoms with E-state index in [9.17, 15) is 0 Å². The molecule has 1 saturated carbocycles. The van der Waals surface area contributed by atoms with Crippen molar-refractivity contribution in [2.75, 3.05) is 5.73 Å². The van der Waals surface area contributed by atoms with Gasteiger partial charge < -0.3 is 19.8 Å². The molecule has 0 amide bonds. The van der Waals surface area contributed by atoms with Gasteiger partial charge in [0.1, 0.15) is 30.1 Å². The minimum Gasteiger partial charge on any atom is -0.382 e. The molecule has 2 aromatic rings. The summed E-state index contributed by atoms with van der Waals surface area (Å²) in [7, 11) is 0. The molecule has 0 radical (unpaired) electrons. The number of imidazole rings is 1. The van der Waals surface area contributed by atoms with E-state index < -0.39 is 5.79 Å². The number of anilines is 1. The maximum Gasteiger partial charge on any atom is 0.169 e. The van der Waals surface area contributed by atoms with Crippen molar-refractivity contribution in [3.63, 3.8) is 0 Å². The molecule has 2 fully saturated rings. The van der Waals surface area contributed by atoms with Crippen LogP contribution in [0.15, 0.2) is 23.8 Å². The molecular formula is C16H18ClN5O2. The minimum atomic E-state index is -0.454. The molecule has 24 heavy (non-hydrogen) atoms. The SMILES string of the molecule is Nc1ncnc2c1ncn2C1C(Cl)=CC2OC3(CCCCC3)OC21. The number of halogens is 1. The van der Waals surface area contributed by atoms with Gasteiger partial charge in [0.15, 0.2) is 17.3 Å². The highest BCUT2D eigenvalue weighted by Crippen LogP contribution is 2.49. The quantitative estimate of drug-likeness (QED) is 0.852. The molecule has 0 bridgehead atoms. The summed E-state index contributed by atoms with van der Waals surface area (Å²) in [6.45, 7) is 0. The second-order valence-electron chi connectivity index (χ2n) is 6.72. The molecule has 8 heteroatoms. The Kier molecular flexibility index (Phi) is 3.14. The van der Waals surface area contributed by atoms with E-state index in [2.05, 4.69) is 15.0 Å². The van der Waals surface area contributed by atoms with Crippen LogP contribution in [-0.2, 0) is 9.47 Å². The van der Waals surface area contributed by atoms with Gasteiger partial charge in [0.25, 0.3) is 0 Å². The van der Waals surface area contributed by atoms with Gasteiger partial charge in [-0.3, -0.25) is 0 Å². The van der Waals surface area contributed by atoms with Crippen LogP contribution in [0.2, 0.25) is 0 Å².